The Kier molecular flexibility index (Phi) is 8.45. The van der Waals surface area contributed by atoms with Gasteiger partial charge in [0.25, 0.3) is 15.7 Å². The van der Waals surface area contributed by atoms with Crippen molar-refractivity contribution in [1.29, 1.82) is 0 Å². The summed E-state index contributed by atoms with van der Waals surface area (Å²) >= 11 is 6.09. The molecule has 174 valence electrons. The second-order valence-corrected chi connectivity index (χ2v) is 9.86. The van der Waals surface area contributed by atoms with E-state index in [1.807, 2.05) is 13.8 Å². The smallest absolute Gasteiger partial charge is 0.273 e. The first-order valence-electron chi connectivity index (χ1n) is 9.85. The number of rotatable bonds is 10. The van der Waals surface area contributed by atoms with Gasteiger partial charge in [0, 0.05) is 23.2 Å². The van der Waals surface area contributed by atoms with Crippen molar-refractivity contribution in [3.05, 3.63) is 57.1 Å². The molecule has 0 atom stereocenters. The predicted molar refractivity (Wildman–Crippen MR) is 123 cm³/mol. The van der Waals surface area contributed by atoms with E-state index in [2.05, 4.69) is 5.32 Å². The molecule has 0 heterocycles. The normalized spacial score (nSPS) is 11.3. The monoisotopic (exact) mass is 483 g/mol. The van der Waals surface area contributed by atoms with Crippen molar-refractivity contribution in [3.8, 4) is 5.75 Å². The molecule has 0 radical (unpaired) electrons. The Labute approximate surface area is 192 Å². The molecule has 2 aromatic carbocycles. The third-order valence-corrected chi connectivity index (χ3v) is 6.70. The summed E-state index contributed by atoms with van der Waals surface area (Å²) in [6.07, 6.45) is 0.725. The molecule has 0 saturated carbocycles. The van der Waals surface area contributed by atoms with E-state index in [9.17, 15) is 23.3 Å². The quantitative estimate of drug-likeness (QED) is 0.404. The van der Waals surface area contributed by atoms with Crippen LogP contribution in [-0.2, 0) is 14.8 Å². The molecule has 0 bridgehead atoms. The number of carbonyl (C=O) groups excluding carboxylic acids is 1. The molecule has 0 aliphatic heterocycles. The first kappa shape index (κ1) is 25.4. The van der Waals surface area contributed by atoms with Gasteiger partial charge >= 0.3 is 0 Å². The highest BCUT2D eigenvalue weighted by Gasteiger charge is 2.31. The van der Waals surface area contributed by atoms with Gasteiger partial charge in [-0.15, -0.1) is 0 Å². The Morgan fingerprint density at radius 3 is 2.53 bits per heavy atom. The highest BCUT2D eigenvalue weighted by Crippen LogP contribution is 2.35. The van der Waals surface area contributed by atoms with Crippen LogP contribution in [0.25, 0.3) is 0 Å². The van der Waals surface area contributed by atoms with Gasteiger partial charge in [0.05, 0.1) is 22.6 Å². The van der Waals surface area contributed by atoms with Crippen molar-refractivity contribution < 1.29 is 22.9 Å². The molecule has 2 rings (SSSR count). The Hall–Kier alpha value is -2.85. The SMILES string of the molecule is COc1ccc(Cl)cc1N(CC(=O)NCCC(C)C)S(=O)(=O)c1ccc(C)c([N+](=O)[O-])c1. The van der Waals surface area contributed by atoms with Crippen molar-refractivity contribution in [1.82, 2.24) is 5.32 Å². The molecule has 0 aliphatic carbocycles. The van der Waals surface area contributed by atoms with E-state index in [1.54, 1.807) is 0 Å². The van der Waals surface area contributed by atoms with Crippen LogP contribution in [0, 0.1) is 23.0 Å². The van der Waals surface area contributed by atoms with Gasteiger partial charge in [-0.05, 0) is 43.5 Å². The first-order chi connectivity index (χ1) is 15.0. The zero-order valence-electron chi connectivity index (χ0n) is 18.3. The summed E-state index contributed by atoms with van der Waals surface area (Å²) in [6.45, 7) is 5.34. The number of halogens is 1. The standard InChI is InChI=1S/C21H26ClN3O6S/c1-14(2)9-10-23-21(26)13-24(19-11-16(22)6-8-20(19)31-4)32(29,30)17-7-5-15(3)18(12-17)25(27)28/h5-8,11-12,14H,9-10,13H2,1-4H3,(H,23,26). The van der Waals surface area contributed by atoms with Gasteiger partial charge in [-0.3, -0.25) is 19.2 Å². The zero-order chi connectivity index (χ0) is 24.1. The second kappa shape index (κ2) is 10.6. The number of nitro benzene ring substituents is 1. The summed E-state index contributed by atoms with van der Waals surface area (Å²) in [5.74, 6) is 0.00343. The molecule has 32 heavy (non-hydrogen) atoms. The van der Waals surface area contributed by atoms with Crippen LogP contribution in [0.2, 0.25) is 5.02 Å². The predicted octanol–water partition coefficient (Wildman–Crippen LogP) is 3.92. The van der Waals surface area contributed by atoms with Crippen LogP contribution in [0.3, 0.4) is 0 Å². The number of anilines is 1. The van der Waals surface area contributed by atoms with Crippen molar-refractivity contribution in [2.75, 3.05) is 24.5 Å². The largest absolute Gasteiger partial charge is 0.495 e. The van der Waals surface area contributed by atoms with E-state index in [4.69, 9.17) is 16.3 Å². The van der Waals surface area contributed by atoms with Crippen molar-refractivity contribution in [2.45, 2.75) is 32.1 Å². The molecule has 0 aliphatic rings. The third-order valence-electron chi connectivity index (χ3n) is 4.71. The molecule has 9 nitrogen and oxygen atoms in total. The minimum atomic E-state index is -4.38. The number of ether oxygens (including phenoxy) is 1. The van der Waals surface area contributed by atoms with Crippen LogP contribution in [0.1, 0.15) is 25.8 Å². The fraction of sp³-hybridized carbons (Fsp3) is 0.381. The maximum Gasteiger partial charge on any atom is 0.273 e. The van der Waals surface area contributed by atoms with E-state index in [-0.39, 0.29) is 27.0 Å². The number of nitro groups is 1. The summed E-state index contributed by atoms with van der Waals surface area (Å²) < 4.78 is 33.2. The number of hydrogen-bond donors (Lipinski definition) is 1. The lowest BCUT2D eigenvalue weighted by molar-refractivity contribution is -0.385. The third kappa shape index (κ3) is 6.10. The topological polar surface area (TPSA) is 119 Å². The van der Waals surface area contributed by atoms with Crippen molar-refractivity contribution in [3.63, 3.8) is 0 Å². The molecule has 1 amide bonds. The van der Waals surface area contributed by atoms with Gasteiger partial charge in [-0.2, -0.15) is 0 Å². The van der Waals surface area contributed by atoms with Crippen LogP contribution in [-0.4, -0.2) is 39.4 Å². The fourth-order valence-corrected chi connectivity index (χ4v) is 4.53. The number of nitrogens with one attached hydrogen (secondary N) is 1. The molecule has 0 spiro atoms. The summed E-state index contributed by atoms with van der Waals surface area (Å²) in [4.78, 5) is 23.0. The second-order valence-electron chi connectivity index (χ2n) is 7.57. The maximum absolute atomic E-state index is 13.5. The van der Waals surface area contributed by atoms with E-state index < -0.39 is 27.4 Å². The highest BCUT2D eigenvalue weighted by molar-refractivity contribution is 7.92. The van der Waals surface area contributed by atoms with E-state index in [0.717, 1.165) is 16.8 Å². The number of aryl methyl sites for hydroxylation is 1. The van der Waals surface area contributed by atoms with Crippen LogP contribution >= 0.6 is 11.6 Å². The number of sulfonamides is 1. The minimum Gasteiger partial charge on any atom is -0.495 e. The Morgan fingerprint density at radius 1 is 1.25 bits per heavy atom. The van der Waals surface area contributed by atoms with Crippen LogP contribution in [0.5, 0.6) is 5.75 Å². The molecule has 1 N–H and O–H groups in total. The summed E-state index contributed by atoms with van der Waals surface area (Å²) in [7, 11) is -3.03. The molecule has 2 aromatic rings. The number of methoxy groups -OCH3 is 1. The molecular formula is C21H26ClN3O6S. The highest BCUT2D eigenvalue weighted by atomic mass is 35.5. The first-order valence-corrected chi connectivity index (χ1v) is 11.7. The number of benzene rings is 2. The molecule has 11 heteroatoms. The Morgan fingerprint density at radius 2 is 1.94 bits per heavy atom. The zero-order valence-corrected chi connectivity index (χ0v) is 19.9. The number of nitrogens with zero attached hydrogens (tertiary/aromatic N) is 2. The lowest BCUT2D eigenvalue weighted by Crippen LogP contribution is -2.41. The van der Waals surface area contributed by atoms with Crippen LogP contribution in [0.4, 0.5) is 11.4 Å². The van der Waals surface area contributed by atoms with E-state index in [0.29, 0.717) is 18.0 Å². The van der Waals surface area contributed by atoms with Crippen LogP contribution in [0.15, 0.2) is 41.3 Å². The lowest BCUT2D eigenvalue weighted by atomic mass is 10.1. The number of amides is 1. The average Bonchev–Trinajstić information content (AvgIpc) is 2.71. The van der Waals surface area contributed by atoms with E-state index in [1.165, 1.54) is 44.4 Å². The average molecular weight is 484 g/mol. The number of hydrogen-bond acceptors (Lipinski definition) is 6. The van der Waals surface area contributed by atoms with Gasteiger partial charge in [-0.1, -0.05) is 31.5 Å². The lowest BCUT2D eigenvalue weighted by Gasteiger charge is -2.26. The molecular weight excluding hydrogens is 458 g/mol. The van der Waals surface area contributed by atoms with Gasteiger partial charge in [0.1, 0.15) is 12.3 Å². The number of carbonyl (C=O) groups is 1. The van der Waals surface area contributed by atoms with Gasteiger partial charge in [-0.25, -0.2) is 8.42 Å². The van der Waals surface area contributed by atoms with E-state index >= 15 is 0 Å². The fourth-order valence-electron chi connectivity index (χ4n) is 2.92. The summed E-state index contributed by atoms with van der Waals surface area (Å²) in [5, 5.41) is 14.3. The molecule has 0 saturated heterocycles. The molecule has 0 aromatic heterocycles. The van der Waals surface area contributed by atoms with Crippen molar-refractivity contribution >= 4 is 38.9 Å². The van der Waals surface area contributed by atoms with Gasteiger partial charge < -0.3 is 10.1 Å². The maximum atomic E-state index is 13.5. The van der Waals surface area contributed by atoms with Crippen molar-refractivity contribution in [2.24, 2.45) is 5.92 Å². The Balaban J connectivity index is 2.55. The summed E-state index contributed by atoms with van der Waals surface area (Å²) in [6, 6.07) is 7.95. The van der Waals surface area contributed by atoms with Crippen LogP contribution < -0.4 is 14.4 Å². The van der Waals surface area contributed by atoms with Gasteiger partial charge in [0.15, 0.2) is 0 Å². The molecule has 0 unspecified atom stereocenters. The Bertz CT molecular complexity index is 1100. The van der Waals surface area contributed by atoms with Gasteiger partial charge in [0.2, 0.25) is 5.91 Å². The molecule has 0 fully saturated rings. The minimum absolute atomic E-state index is 0.0437. The summed E-state index contributed by atoms with van der Waals surface area (Å²) in [5.41, 5.74) is 0.0139.